The second-order valence-corrected chi connectivity index (χ2v) is 15.4. The molecule has 62 heavy (non-hydrogen) atoms. The van der Waals surface area contributed by atoms with Crippen LogP contribution in [0.15, 0.2) is 134 Å². The van der Waals surface area contributed by atoms with Crippen LogP contribution in [0.2, 0.25) is 0 Å². The number of unbranched alkanes of at least 4 members (excludes halogenated alkanes) is 12. The van der Waals surface area contributed by atoms with E-state index in [0.717, 1.165) is 96.3 Å². The van der Waals surface area contributed by atoms with Gasteiger partial charge in [0.1, 0.15) is 13.2 Å². The van der Waals surface area contributed by atoms with E-state index in [1.807, 2.05) is 36.5 Å². The normalized spacial score (nSPS) is 13.3. The van der Waals surface area contributed by atoms with Crippen molar-refractivity contribution in [1.29, 1.82) is 0 Å². The third-order valence-electron chi connectivity index (χ3n) is 9.47. The number of ether oxygens (including phenoxy) is 3. The minimum Gasteiger partial charge on any atom is -0.462 e. The molecule has 0 aliphatic carbocycles. The summed E-state index contributed by atoms with van der Waals surface area (Å²) >= 11 is 0. The summed E-state index contributed by atoms with van der Waals surface area (Å²) in [6, 6.07) is 0. The Hall–Kier alpha value is -4.45. The van der Waals surface area contributed by atoms with Gasteiger partial charge in [0.15, 0.2) is 6.10 Å². The smallest absolute Gasteiger partial charge is 0.306 e. The van der Waals surface area contributed by atoms with Crippen molar-refractivity contribution < 1.29 is 28.6 Å². The molecule has 0 N–H and O–H groups in total. The zero-order chi connectivity index (χ0) is 45.1. The molecule has 0 bridgehead atoms. The van der Waals surface area contributed by atoms with E-state index in [9.17, 15) is 14.4 Å². The van der Waals surface area contributed by atoms with Crippen LogP contribution >= 0.6 is 0 Å². The van der Waals surface area contributed by atoms with Crippen LogP contribution in [0.4, 0.5) is 0 Å². The Balaban J connectivity index is 4.55. The number of allylic oxidation sites excluding steroid dienone is 22. The van der Waals surface area contributed by atoms with Crippen molar-refractivity contribution in [1.82, 2.24) is 0 Å². The van der Waals surface area contributed by atoms with Crippen LogP contribution in [0.25, 0.3) is 0 Å². The molecule has 0 aromatic carbocycles. The molecular formula is C56H86O6. The van der Waals surface area contributed by atoms with E-state index in [4.69, 9.17) is 14.2 Å². The average molecular weight is 855 g/mol. The maximum Gasteiger partial charge on any atom is 0.306 e. The molecule has 0 aliphatic rings. The van der Waals surface area contributed by atoms with Gasteiger partial charge in [0, 0.05) is 19.3 Å². The largest absolute Gasteiger partial charge is 0.462 e. The minimum absolute atomic E-state index is 0.129. The Morgan fingerprint density at radius 3 is 1.27 bits per heavy atom. The molecule has 6 heteroatoms. The molecule has 0 fully saturated rings. The molecule has 0 radical (unpaired) electrons. The molecule has 0 aliphatic heterocycles. The van der Waals surface area contributed by atoms with Crippen LogP contribution in [-0.4, -0.2) is 37.2 Å². The van der Waals surface area contributed by atoms with Crippen LogP contribution in [0.1, 0.15) is 181 Å². The van der Waals surface area contributed by atoms with E-state index in [0.29, 0.717) is 25.7 Å². The first kappa shape index (κ1) is 57.5. The van der Waals surface area contributed by atoms with Crippen molar-refractivity contribution in [3.05, 3.63) is 134 Å². The van der Waals surface area contributed by atoms with Gasteiger partial charge in [0.2, 0.25) is 0 Å². The maximum absolute atomic E-state index is 12.7. The summed E-state index contributed by atoms with van der Waals surface area (Å²) in [5, 5.41) is 0. The lowest BCUT2D eigenvalue weighted by molar-refractivity contribution is -0.167. The summed E-state index contributed by atoms with van der Waals surface area (Å²) in [7, 11) is 0. The van der Waals surface area contributed by atoms with Gasteiger partial charge in [-0.1, -0.05) is 193 Å². The predicted octanol–water partition coefficient (Wildman–Crippen LogP) is 15.9. The predicted molar refractivity (Wildman–Crippen MR) is 265 cm³/mol. The van der Waals surface area contributed by atoms with Crippen molar-refractivity contribution in [2.75, 3.05) is 13.2 Å². The fourth-order valence-corrected chi connectivity index (χ4v) is 5.85. The zero-order valence-electron chi connectivity index (χ0n) is 39.3. The fourth-order valence-electron chi connectivity index (χ4n) is 5.85. The van der Waals surface area contributed by atoms with Crippen molar-refractivity contribution in [3.63, 3.8) is 0 Å². The monoisotopic (exact) mass is 855 g/mol. The third-order valence-corrected chi connectivity index (χ3v) is 9.47. The topological polar surface area (TPSA) is 78.9 Å². The van der Waals surface area contributed by atoms with Crippen molar-refractivity contribution in [3.8, 4) is 0 Å². The number of hydrogen-bond acceptors (Lipinski definition) is 6. The summed E-state index contributed by atoms with van der Waals surface area (Å²) in [6.45, 7) is 6.26. The van der Waals surface area contributed by atoms with Gasteiger partial charge in [-0.05, 0) is 103 Å². The highest BCUT2D eigenvalue weighted by Gasteiger charge is 2.19. The van der Waals surface area contributed by atoms with Gasteiger partial charge in [-0.2, -0.15) is 0 Å². The van der Waals surface area contributed by atoms with Gasteiger partial charge in [-0.15, -0.1) is 0 Å². The Morgan fingerprint density at radius 1 is 0.355 bits per heavy atom. The molecule has 0 heterocycles. The molecule has 6 nitrogen and oxygen atoms in total. The van der Waals surface area contributed by atoms with Crippen molar-refractivity contribution >= 4 is 17.9 Å². The summed E-state index contributed by atoms with van der Waals surface area (Å²) < 4.78 is 16.6. The number of esters is 3. The third kappa shape index (κ3) is 46.6. The highest BCUT2D eigenvalue weighted by Crippen LogP contribution is 2.11. The summed E-state index contributed by atoms with van der Waals surface area (Å²) in [5.74, 6) is -1.06. The zero-order valence-corrected chi connectivity index (χ0v) is 39.3. The Labute approximate surface area is 379 Å². The number of rotatable bonds is 41. The van der Waals surface area contributed by atoms with E-state index in [-0.39, 0.29) is 37.5 Å². The van der Waals surface area contributed by atoms with E-state index in [2.05, 4.69) is 118 Å². The summed E-state index contributed by atoms with van der Waals surface area (Å²) in [5.41, 5.74) is 0. The van der Waals surface area contributed by atoms with Crippen LogP contribution in [0, 0.1) is 0 Å². The van der Waals surface area contributed by atoms with Gasteiger partial charge in [-0.3, -0.25) is 14.4 Å². The molecule has 0 saturated heterocycles. The highest BCUT2D eigenvalue weighted by molar-refractivity contribution is 5.71. The molecule has 0 aromatic heterocycles. The van der Waals surface area contributed by atoms with E-state index in [1.54, 1.807) is 0 Å². The second kappa shape index (κ2) is 49.2. The van der Waals surface area contributed by atoms with Crippen molar-refractivity contribution in [2.24, 2.45) is 0 Å². The lowest BCUT2D eigenvalue weighted by atomic mass is 10.1. The summed E-state index contributed by atoms with van der Waals surface area (Å²) in [6.07, 6.45) is 68.7. The van der Waals surface area contributed by atoms with Crippen LogP contribution in [0.3, 0.4) is 0 Å². The average Bonchev–Trinajstić information content (AvgIpc) is 3.27. The fraction of sp³-hybridized carbons (Fsp3) is 0.554. The first-order chi connectivity index (χ1) is 30.5. The number of carbonyl (C=O) groups excluding carboxylic acids is 3. The molecule has 0 aromatic rings. The SMILES string of the molecule is CC/C=C\C/C=C\CCCCC(=O)OCC(COC(=O)CCCCCCC\C=C/C=C\C=C/C=C\C=C/CCC)OC(=O)CCC/C=C\C/C=C\C/C=C\C/C=C\CCCCC. The molecule has 1 unspecified atom stereocenters. The Morgan fingerprint density at radius 2 is 0.742 bits per heavy atom. The first-order valence-corrected chi connectivity index (χ1v) is 24.3. The molecular weight excluding hydrogens is 769 g/mol. The lowest BCUT2D eigenvalue weighted by Gasteiger charge is -2.18. The molecule has 0 spiro atoms. The van der Waals surface area contributed by atoms with Crippen LogP contribution < -0.4 is 0 Å². The lowest BCUT2D eigenvalue weighted by Crippen LogP contribution is -2.30. The van der Waals surface area contributed by atoms with Crippen LogP contribution in [0.5, 0.6) is 0 Å². The molecule has 346 valence electrons. The van der Waals surface area contributed by atoms with E-state index >= 15 is 0 Å². The number of carbonyl (C=O) groups is 3. The van der Waals surface area contributed by atoms with Gasteiger partial charge in [-0.25, -0.2) is 0 Å². The Bertz CT molecular complexity index is 1400. The molecule has 0 rings (SSSR count). The molecule has 1 atom stereocenters. The number of hydrogen-bond donors (Lipinski definition) is 0. The van der Waals surface area contributed by atoms with E-state index < -0.39 is 6.10 Å². The van der Waals surface area contributed by atoms with Gasteiger partial charge in [0.25, 0.3) is 0 Å². The highest BCUT2D eigenvalue weighted by atomic mass is 16.6. The quantitative estimate of drug-likeness (QED) is 0.0200. The first-order valence-electron chi connectivity index (χ1n) is 24.3. The van der Waals surface area contributed by atoms with Crippen molar-refractivity contribution in [2.45, 2.75) is 187 Å². The van der Waals surface area contributed by atoms with E-state index in [1.165, 1.54) is 32.1 Å². The van der Waals surface area contributed by atoms with Gasteiger partial charge >= 0.3 is 17.9 Å². The van der Waals surface area contributed by atoms with Gasteiger partial charge < -0.3 is 14.2 Å². The minimum atomic E-state index is -0.834. The standard InChI is InChI=1S/C56H86O6/c1-4-7-10-13-16-19-21-23-25-27-29-30-32-34-37-40-43-46-49-55(58)61-52-53(51-60-54(57)48-45-42-39-36-18-15-12-9-6-3)62-56(59)50-47-44-41-38-35-33-31-28-26-24-22-20-17-14-11-8-5-2/h9-10,12-13,16-21,23-27,29-31,33,36,38,41,53H,4-8,11,14-15,22,28,32,34-35,37,39-40,42-52H2,1-3H3/b12-9-,13-10-,19-16-,20-17-,23-21-,26-24-,27-25-,30-29-,33-31-,36-18-,41-38-. The summed E-state index contributed by atoms with van der Waals surface area (Å²) in [4.78, 5) is 37.8. The van der Waals surface area contributed by atoms with Gasteiger partial charge in [0.05, 0.1) is 0 Å². The molecule has 0 saturated carbocycles. The second-order valence-electron chi connectivity index (χ2n) is 15.4. The maximum atomic E-state index is 12.7. The Kier molecular flexibility index (Phi) is 45.7. The molecule has 0 amide bonds. The van der Waals surface area contributed by atoms with Crippen LogP contribution in [-0.2, 0) is 28.6 Å².